The number of hydrogen-bond acceptors (Lipinski definition) is 4. The van der Waals surface area contributed by atoms with Gasteiger partial charge in [0.1, 0.15) is 0 Å². The fraction of sp³-hybridized carbons (Fsp3) is 0.667. The third-order valence-corrected chi connectivity index (χ3v) is 1.33. The van der Waals surface area contributed by atoms with Crippen LogP contribution in [-0.2, 0) is 9.59 Å². The Labute approximate surface area is 69.6 Å². The first-order valence-electron chi connectivity index (χ1n) is 3.34. The lowest BCUT2D eigenvalue weighted by atomic mass is 10.2. The normalized spacial score (nSPS) is 14.7. The molecule has 0 saturated carbocycles. The molecule has 0 aliphatic rings. The Morgan fingerprint density at radius 3 is 1.42 bits per heavy atom. The molecule has 0 saturated heterocycles. The van der Waals surface area contributed by atoms with Crippen molar-refractivity contribution < 1.29 is 19.8 Å². The Balaban J connectivity index is 4.18. The van der Waals surface area contributed by atoms with Crippen molar-refractivity contribution in [2.45, 2.75) is 12.2 Å². The van der Waals surface area contributed by atoms with Crippen molar-refractivity contribution in [3.8, 4) is 0 Å². The summed E-state index contributed by atoms with van der Waals surface area (Å²) in [5, 5.41) is 22.1. The number of aliphatic hydroxyl groups is 2. The van der Waals surface area contributed by atoms with Crippen LogP contribution in [0.25, 0.3) is 0 Å². The monoisotopic (exact) mass is 176 g/mol. The molecule has 0 aromatic carbocycles. The molecule has 2 unspecified atom stereocenters. The molecule has 0 bridgehead atoms. The van der Waals surface area contributed by atoms with Gasteiger partial charge < -0.3 is 20.8 Å². The van der Waals surface area contributed by atoms with Crippen molar-refractivity contribution in [2.24, 2.45) is 0 Å². The topological polar surface area (TPSA) is 98.7 Å². The largest absolute Gasteiger partial charge is 0.380 e. The Morgan fingerprint density at radius 1 is 1.00 bits per heavy atom. The Morgan fingerprint density at radius 2 is 1.25 bits per heavy atom. The Hall–Kier alpha value is -1.14. The van der Waals surface area contributed by atoms with Crippen LogP contribution < -0.4 is 10.6 Å². The number of aliphatic hydroxyl groups excluding tert-OH is 2. The van der Waals surface area contributed by atoms with E-state index in [0.717, 1.165) is 0 Å². The van der Waals surface area contributed by atoms with Gasteiger partial charge in [-0.2, -0.15) is 0 Å². The van der Waals surface area contributed by atoms with E-state index >= 15 is 0 Å². The minimum absolute atomic E-state index is 0.800. The highest BCUT2D eigenvalue weighted by Gasteiger charge is 2.28. The van der Waals surface area contributed by atoms with Gasteiger partial charge >= 0.3 is 0 Å². The first-order valence-corrected chi connectivity index (χ1v) is 3.34. The molecule has 70 valence electrons. The van der Waals surface area contributed by atoms with Crippen LogP contribution in [0.2, 0.25) is 0 Å². The van der Waals surface area contributed by atoms with Crippen LogP contribution in [0.4, 0.5) is 0 Å². The molecule has 0 aliphatic carbocycles. The summed E-state index contributed by atoms with van der Waals surface area (Å²) in [6.07, 6.45) is -3.45. The van der Waals surface area contributed by atoms with Crippen molar-refractivity contribution in [3.63, 3.8) is 0 Å². The predicted molar refractivity (Wildman–Crippen MR) is 40.1 cm³/mol. The molecule has 2 atom stereocenters. The van der Waals surface area contributed by atoms with Gasteiger partial charge in [0, 0.05) is 14.1 Å². The van der Waals surface area contributed by atoms with Gasteiger partial charge in [-0.05, 0) is 0 Å². The number of hydrogen-bond donors (Lipinski definition) is 4. The lowest BCUT2D eigenvalue weighted by Crippen LogP contribution is -2.47. The van der Waals surface area contributed by atoms with Gasteiger partial charge in [-0.1, -0.05) is 0 Å². The average molecular weight is 176 g/mol. The van der Waals surface area contributed by atoms with Crippen LogP contribution in [-0.4, -0.2) is 48.3 Å². The maximum absolute atomic E-state index is 10.7. The molecule has 0 aliphatic heterocycles. The van der Waals surface area contributed by atoms with Crippen LogP contribution in [0.1, 0.15) is 0 Å². The van der Waals surface area contributed by atoms with Crippen molar-refractivity contribution in [3.05, 3.63) is 0 Å². The summed E-state index contributed by atoms with van der Waals surface area (Å²) >= 11 is 0. The van der Waals surface area contributed by atoms with E-state index < -0.39 is 24.0 Å². The van der Waals surface area contributed by atoms with Crippen molar-refractivity contribution >= 4 is 11.8 Å². The van der Waals surface area contributed by atoms with Crippen LogP contribution in [0, 0.1) is 0 Å². The molecule has 6 heteroatoms. The molecule has 0 rings (SSSR count). The Bertz CT molecular complexity index is 162. The lowest BCUT2D eigenvalue weighted by Gasteiger charge is -2.14. The van der Waals surface area contributed by atoms with E-state index in [2.05, 4.69) is 10.6 Å². The van der Waals surface area contributed by atoms with Crippen LogP contribution >= 0.6 is 0 Å². The second-order valence-corrected chi connectivity index (χ2v) is 2.12. The number of amides is 2. The molecular formula is C6H12N2O4. The zero-order chi connectivity index (χ0) is 9.72. The van der Waals surface area contributed by atoms with Crippen molar-refractivity contribution in [1.82, 2.24) is 10.6 Å². The third kappa shape index (κ3) is 2.48. The summed E-state index contributed by atoms with van der Waals surface area (Å²) in [6.45, 7) is 0. The zero-order valence-corrected chi connectivity index (χ0v) is 6.87. The summed E-state index contributed by atoms with van der Waals surface area (Å²) < 4.78 is 0. The third-order valence-electron chi connectivity index (χ3n) is 1.33. The minimum Gasteiger partial charge on any atom is -0.380 e. The first-order chi connectivity index (χ1) is 5.54. The van der Waals surface area contributed by atoms with E-state index in [1.165, 1.54) is 14.1 Å². The van der Waals surface area contributed by atoms with Crippen LogP contribution in [0.5, 0.6) is 0 Å². The van der Waals surface area contributed by atoms with Gasteiger partial charge in [-0.25, -0.2) is 0 Å². The van der Waals surface area contributed by atoms with Crippen molar-refractivity contribution in [2.75, 3.05) is 14.1 Å². The second-order valence-electron chi connectivity index (χ2n) is 2.12. The summed E-state index contributed by atoms with van der Waals surface area (Å²) in [5.41, 5.74) is 0. The molecule has 0 aromatic rings. The van der Waals surface area contributed by atoms with Gasteiger partial charge in [0.25, 0.3) is 11.8 Å². The molecule has 6 nitrogen and oxygen atoms in total. The quantitative estimate of drug-likeness (QED) is 0.373. The SMILES string of the molecule is CNC(=O)C(O)C(O)C(=O)NC. The van der Waals surface area contributed by atoms with E-state index in [-0.39, 0.29) is 0 Å². The first kappa shape index (κ1) is 10.9. The maximum Gasteiger partial charge on any atom is 0.251 e. The molecule has 0 radical (unpaired) electrons. The highest BCUT2D eigenvalue weighted by molar-refractivity contribution is 5.90. The van der Waals surface area contributed by atoms with Crippen LogP contribution in [0.15, 0.2) is 0 Å². The van der Waals surface area contributed by atoms with E-state index in [0.29, 0.717) is 0 Å². The van der Waals surface area contributed by atoms with Crippen molar-refractivity contribution in [1.29, 1.82) is 0 Å². The maximum atomic E-state index is 10.7. The Kier molecular flexibility index (Phi) is 4.24. The lowest BCUT2D eigenvalue weighted by molar-refractivity contribution is -0.145. The molecule has 12 heavy (non-hydrogen) atoms. The standard InChI is InChI=1S/C6H12N2O4/c1-7-5(11)3(9)4(10)6(12)8-2/h3-4,9-10H,1-2H3,(H,7,11)(H,8,12). The predicted octanol–water partition coefficient (Wildman–Crippen LogP) is -2.80. The van der Waals surface area contributed by atoms with E-state index in [9.17, 15) is 9.59 Å². The minimum atomic E-state index is -1.73. The number of carbonyl (C=O) groups excluding carboxylic acids is 2. The number of carbonyl (C=O) groups is 2. The smallest absolute Gasteiger partial charge is 0.251 e. The number of rotatable bonds is 3. The van der Waals surface area contributed by atoms with Gasteiger partial charge in [-0.3, -0.25) is 9.59 Å². The van der Waals surface area contributed by atoms with Gasteiger partial charge in [-0.15, -0.1) is 0 Å². The van der Waals surface area contributed by atoms with Gasteiger partial charge in [0.05, 0.1) is 0 Å². The highest BCUT2D eigenvalue weighted by atomic mass is 16.3. The van der Waals surface area contributed by atoms with Gasteiger partial charge in [0.15, 0.2) is 12.2 Å². The summed E-state index contributed by atoms with van der Waals surface area (Å²) in [4.78, 5) is 21.3. The molecule has 4 N–H and O–H groups in total. The summed E-state index contributed by atoms with van der Waals surface area (Å²) in [5.74, 6) is -1.60. The molecule has 0 spiro atoms. The summed E-state index contributed by atoms with van der Waals surface area (Å²) in [7, 11) is 2.59. The second kappa shape index (κ2) is 4.68. The van der Waals surface area contributed by atoms with Gasteiger partial charge in [0.2, 0.25) is 0 Å². The highest BCUT2D eigenvalue weighted by Crippen LogP contribution is 1.92. The van der Waals surface area contributed by atoms with Crippen LogP contribution in [0.3, 0.4) is 0 Å². The summed E-state index contributed by atoms with van der Waals surface area (Å²) in [6, 6.07) is 0. The van der Waals surface area contributed by atoms with E-state index in [1.807, 2.05) is 0 Å². The average Bonchev–Trinajstić information content (AvgIpc) is 2.12. The number of nitrogens with one attached hydrogen (secondary N) is 2. The van der Waals surface area contributed by atoms with E-state index in [1.54, 1.807) is 0 Å². The molecular weight excluding hydrogens is 164 g/mol. The molecule has 0 fully saturated rings. The molecule has 0 heterocycles. The fourth-order valence-electron chi connectivity index (χ4n) is 0.583. The molecule has 0 aromatic heterocycles. The van der Waals surface area contributed by atoms with E-state index in [4.69, 9.17) is 10.2 Å². The zero-order valence-electron chi connectivity index (χ0n) is 6.87. The fourth-order valence-corrected chi connectivity index (χ4v) is 0.583. The molecule has 2 amide bonds. The number of likely N-dealkylation sites (N-methyl/N-ethyl adjacent to an activating group) is 2.